The lowest BCUT2D eigenvalue weighted by atomic mass is 9.94. The molecule has 5 heterocycles. The van der Waals surface area contributed by atoms with E-state index in [2.05, 4.69) is 7.05 Å². The SMILES string of the molecule is CCOC(=O)C[N+]1(C)C2CC(OC(=O)C(O)(c3cccs3)c3cccs3)CC1[C@H]1O[C@H]21. The molecule has 3 aliphatic rings. The van der Waals surface area contributed by atoms with Crippen molar-refractivity contribution in [3.8, 4) is 0 Å². The summed E-state index contributed by atoms with van der Waals surface area (Å²) in [6.45, 7) is 2.47. The van der Waals surface area contributed by atoms with Crippen molar-refractivity contribution >= 4 is 34.6 Å². The van der Waals surface area contributed by atoms with Crippen LogP contribution in [0, 0.1) is 0 Å². The molecule has 2 bridgehead atoms. The number of hydrogen-bond donors (Lipinski definition) is 1. The Hall–Kier alpha value is -1.78. The summed E-state index contributed by atoms with van der Waals surface area (Å²) in [4.78, 5) is 26.6. The average Bonchev–Trinajstić information content (AvgIpc) is 3.10. The first kappa shape index (κ1) is 21.1. The normalized spacial score (nSPS) is 33.6. The highest BCUT2D eigenvalue weighted by Gasteiger charge is 2.72. The topological polar surface area (TPSA) is 85.4 Å². The number of fused-ring (bicyclic) bond motifs is 5. The van der Waals surface area contributed by atoms with Gasteiger partial charge in [0.1, 0.15) is 30.4 Å². The lowest BCUT2D eigenvalue weighted by Crippen LogP contribution is -2.64. The van der Waals surface area contributed by atoms with Gasteiger partial charge in [-0.25, -0.2) is 9.59 Å². The van der Waals surface area contributed by atoms with Crippen LogP contribution >= 0.6 is 22.7 Å². The molecule has 0 radical (unpaired) electrons. The number of nitrogens with zero attached hydrogens (tertiary/aromatic N) is 1. The zero-order valence-corrected chi connectivity index (χ0v) is 19.1. The molecule has 3 fully saturated rings. The van der Waals surface area contributed by atoms with E-state index in [1.165, 1.54) is 22.7 Å². The Morgan fingerprint density at radius 2 is 1.74 bits per heavy atom. The highest BCUT2D eigenvalue weighted by atomic mass is 32.1. The van der Waals surface area contributed by atoms with Crippen molar-refractivity contribution in [2.24, 2.45) is 0 Å². The molecular formula is C22H26NO6S2+. The number of rotatable bonds is 7. The number of thiophene rings is 2. The van der Waals surface area contributed by atoms with Gasteiger partial charge in [-0.1, -0.05) is 12.1 Å². The van der Waals surface area contributed by atoms with Crippen LogP contribution < -0.4 is 0 Å². The first-order chi connectivity index (χ1) is 14.9. The number of carbonyl (C=O) groups excluding carboxylic acids is 2. The Labute approximate surface area is 188 Å². The van der Waals surface area contributed by atoms with Gasteiger partial charge in [-0.2, -0.15) is 0 Å². The van der Waals surface area contributed by atoms with Gasteiger partial charge in [-0.05, 0) is 29.8 Å². The standard InChI is InChI=1S/C22H26NO6S2/c1-3-27-18(24)12-23(2)14-10-13(11-15(23)20-19(14)29-20)28-21(25)22(26,16-6-4-8-30-16)17-7-5-9-31-17/h4-9,13-15,19-20,26H,3,10-12H2,1-2H3/q+1/t13?,14?,15?,19-,20-,23?/m1/s1. The third-order valence-electron chi connectivity index (χ3n) is 6.94. The largest absolute Gasteiger partial charge is 0.462 e. The quantitative estimate of drug-likeness (QED) is 0.384. The molecule has 166 valence electrons. The molecule has 3 aliphatic heterocycles. The van der Waals surface area contributed by atoms with Gasteiger partial charge in [0.2, 0.25) is 5.60 Å². The maximum Gasteiger partial charge on any atom is 0.361 e. The minimum absolute atomic E-state index is 0.0718. The molecule has 9 heteroatoms. The summed E-state index contributed by atoms with van der Waals surface area (Å²) in [5.74, 6) is -0.848. The lowest BCUT2D eigenvalue weighted by molar-refractivity contribution is -0.949. The maximum atomic E-state index is 13.3. The second-order valence-corrected chi connectivity index (χ2v) is 10.6. The summed E-state index contributed by atoms with van der Waals surface area (Å²) >= 11 is 2.66. The van der Waals surface area contributed by atoms with E-state index in [0.717, 1.165) is 0 Å². The summed E-state index contributed by atoms with van der Waals surface area (Å²) in [6.07, 6.45) is 1.08. The average molecular weight is 465 g/mol. The number of morpholine rings is 1. The zero-order chi connectivity index (χ0) is 21.8. The first-order valence-electron chi connectivity index (χ1n) is 10.5. The van der Waals surface area contributed by atoms with E-state index in [0.29, 0.717) is 40.2 Å². The minimum Gasteiger partial charge on any atom is -0.462 e. The number of aliphatic hydroxyl groups is 1. The predicted octanol–water partition coefficient (Wildman–Crippen LogP) is 2.28. The van der Waals surface area contributed by atoms with Crippen LogP contribution in [0.3, 0.4) is 0 Å². The van der Waals surface area contributed by atoms with Crippen molar-refractivity contribution in [1.29, 1.82) is 0 Å². The zero-order valence-electron chi connectivity index (χ0n) is 17.4. The molecular weight excluding hydrogens is 438 g/mol. The molecule has 0 saturated carbocycles. The Kier molecular flexibility index (Phi) is 5.22. The van der Waals surface area contributed by atoms with Crippen LogP contribution in [-0.2, 0) is 29.4 Å². The lowest BCUT2D eigenvalue weighted by Gasteiger charge is -2.47. The van der Waals surface area contributed by atoms with E-state index >= 15 is 0 Å². The number of likely N-dealkylation sites (N-methyl/N-ethyl adjacent to an activating group) is 1. The molecule has 2 aromatic heterocycles. The molecule has 1 N–H and O–H groups in total. The summed E-state index contributed by atoms with van der Waals surface area (Å²) in [7, 11) is 2.08. The maximum absolute atomic E-state index is 13.3. The van der Waals surface area contributed by atoms with Gasteiger partial charge in [0.25, 0.3) is 0 Å². The molecule has 5 rings (SSSR count). The second-order valence-electron chi connectivity index (χ2n) is 8.67. The van der Waals surface area contributed by atoms with Crippen molar-refractivity contribution in [3.05, 3.63) is 44.8 Å². The van der Waals surface area contributed by atoms with Crippen LogP contribution in [0.15, 0.2) is 35.0 Å². The molecule has 2 unspecified atom stereocenters. The van der Waals surface area contributed by atoms with Gasteiger partial charge >= 0.3 is 11.9 Å². The summed E-state index contributed by atoms with van der Waals surface area (Å²) in [5.41, 5.74) is -1.80. The molecule has 31 heavy (non-hydrogen) atoms. The van der Waals surface area contributed by atoms with Crippen molar-refractivity contribution < 1.29 is 33.4 Å². The number of ether oxygens (including phenoxy) is 3. The molecule has 4 atom stereocenters. The third-order valence-corrected chi connectivity index (χ3v) is 8.90. The fraction of sp³-hybridized carbons (Fsp3) is 0.545. The fourth-order valence-electron chi connectivity index (χ4n) is 5.40. The highest BCUT2D eigenvalue weighted by molar-refractivity contribution is 7.12. The molecule has 0 aliphatic carbocycles. The predicted molar refractivity (Wildman–Crippen MR) is 115 cm³/mol. The monoisotopic (exact) mass is 464 g/mol. The Balaban J connectivity index is 1.34. The summed E-state index contributed by atoms with van der Waals surface area (Å²) in [5, 5.41) is 15.2. The van der Waals surface area contributed by atoms with Crippen LogP contribution in [0.2, 0.25) is 0 Å². The Morgan fingerprint density at radius 3 is 2.23 bits per heavy atom. The van der Waals surface area contributed by atoms with E-state index in [4.69, 9.17) is 14.2 Å². The molecule has 0 spiro atoms. The van der Waals surface area contributed by atoms with E-state index in [-0.39, 0.29) is 36.4 Å². The van der Waals surface area contributed by atoms with Crippen LogP contribution in [0.5, 0.6) is 0 Å². The molecule has 3 saturated heterocycles. The van der Waals surface area contributed by atoms with Crippen LogP contribution in [-0.4, -0.2) is 72.1 Å². The number of piperidine rings is 1. The first-order valence-corrected chi connectivity index (χ1v) is 12.3. The van der Waals surface area contributed by atoms with Crippen molar-refractivity contribution in [1.82, 2.24) is 0 Å². The van der Waals surface area contributed by atoms with E-state index in [1.807, 2.05) is 22.9 Å². The number of quaternary nitrogens is 1. The molecule has 7 nitrogen and oxygen atoms in total. The van der Waals surface area contributed by atoms with Crippen molar-refractivity contribution in [2.45, 2.75) is 55.8 Å². The van der Waals surface area contributed by atoms with Crippen LogP contribution in [0.1, 0.15) is 29.5 Å². The smallest absolute Gasteiger partial charge is 0.361 e. The third kappa shape index (κ3) is 3.34. The van der Waals surface area contributed by atoms with E-state index in [1.54, 1.807) is 19.1 Å². The van der Waals surface area contributed by atoms with Gasteiger partial charge in [0, 0.05) is 12.8 Å². The number of esters is 2. The molecule has 0 amide bonds. The van der Waals surface area contributed by atoms with Crippen LogP contribution in [0.25, 0.3) is 0 Å². The van der Waals surface area contributed by atoms with Gasteiger partial charge in [-0.3, -0.25) is 0 Å². The molecule has 2 aromatic rings. The van der Waals surface area contributed by atoms with Gasteiger partial charge in [0.15, 0.2) is 6.54 Å². The van der Waals surface area contributed by atoms with E-state index < -0.39 is 11.6 Å². The fourth-order valence-corrected chi connectivity index (χ4v) is 7.12. The van der Waals surface area contributed by atoms with Crippen molar-refractivity contribution in [2.75, 3.05) is 20.2 Å². The number of hydrogen-bond acceptors (Lipinski definition) is 8. The van der Waals surface area contributed by atoms with E-state index in [9.17, 15) is 14.7 Å². The second kappa shape index (κ2) is 7.67. The minimum atomic E-state index is -1.80. The summed E-state index contributed by atoms with van der Waals surface area (Å²) in [6, 6.07) is 7.29. The number of epoxide rings is 1. The van der Waals surface area contributed by atoms with Crippen molar-refractivity contribution in [3.63, 3.8) is 0 Å². The van der Waals surface area contributed by atoms with Gasteiger partial charge in [-0.15, -0.1) is 22.7 Å². The van der Waals surface area contributed by atoms with Gasteiger partial charge in [0.05, 0.1) is 23.4 Å². The Bertz CT molecular complexity index is 907. The summed E-state index contributed by atoms with van der Waals surface area (Å²) < 4.78 is 17.5. The highest BCUT2D eigenvalue weighted by Crippen LogP contribution is 2.53. The number of carbonyl (C=O) groups is 2. The van der Waals surface area contributed by atoms with Gasteiger partial charge < -0.3 is 23.8 Å². The Morgan fingerprint density at radius 1 is 1.16 bits per heavy atom. The molecule has 0 aromatic carbocycles. The van der Waals surface area contributed by atoms with Crippen LogP contribution in [0.4, 0.5) is 0 Å².